The van der Waals surface area contributed by atoms with Gasteiger partial charge in [0.1, 0.15) is 5.82 Å². The zero-order valence-corrected chi connectivity index (χ0v) is 9.98. The molecule has 6 heteroatoms. The minimum Gasteiger partial charge on any atom is -0.477 e. The highest BCUT2D eigenvalue weighted by molar-refractivity contribution is 5.33. The van der Waals surface area contributed by atoms with Crippen molar-refractivity contribution in [3.8, 4) is 5.88 Å². The first-order valence-corrected chi connectivity index (χ1v) is 5.88. The van der Waals surface area contributed by atoms with Crippen molar-refractivity contribution in [2.75, 3.05) is 38.2 Å². The average Bonchev–Trinajstić information content (AvgIpc) is 2.39. The summed E-state index contributed by atoms with van der Waals surface area (Å²) in [6.07, 6.45) is 3.29. The van der Waals surface area contributed by atoms with Crippen molar-refractivity contribution in [3.63, 3.8) is 0 Å². The first-order chi connectivity index (χ1) is 8.38. The number of ether oxygens (including phenoxy) is 2. The maximum Gasteiger partial charge on any atom is 0.234 e. The second kappa shape index (κ2) is 6.36. The second-order valence-electron chi connectivity index (χ2n) is 3.78. The Morgan fingerprint density at radius 3 is 3.29 bits per heavy atom. The fourth-order valence-corrected chi connectivity index (χ4v) is 1.63. The molecule has 0 saturated carbocycles. The highest BCUT2D eigenvalue weighted by Crippen LogP contribution is 2.08. The Balaban J connectivity index is 1.83. The van der Waals surface area contributed by atoms with Gasteiger partial charge < -0.3 is 20.1 Å². The first kappa shape index (κ1) is 12.1. The van der Waals surface area contributed by atoms with Gasteiger partial charge >= 0.3 is 0 Å². The molecule has 1 aliphatic rings. The Morgan fingerprint density at radius 1 is 1.59 bits per heavy atom. The van der Waals surface area contributed by atoms with Gasteiger partial charge in [0.2, 0.25) is 5.88 Å². The average molecular weight is 238 g/mol. The van der Waals surface area contributed by atoms with E-state index in [0.717, 1.165) is 32.1 Å². The zero-order chi connectivity index (χ0) is 11.9. The Kier molecular flexibility index (Phi) is 4.52. The number of nitrogens with zero attached hydrogens (tertiary/aromatic N) is 2. The van der Waals surface area contributed by atoms with Crippen LogP contribution in [-0.4, -0.2) is 48.9 Å². The Morgan fingerprint density at radius 2 is 2.53 bits per heavy atom. The minimum atomic E-state index is 0.321. The summed E-state index contributed by atoms with van der Waals surface area (Å²) in [6.45, 7) is 5.70. The van der Waals surface area contributed by atoms with E-state index in [1.807, 2.05) is 6.92 Å². The fraction of sp³-hybridized carbons (Fsp3) is 0.636. The molecule has 6 nitrogen and oxygen atoms in total. The van der Waals surface area contributed by atoms with E-state index in [4.69, 9.17) is 9.47 Å². The largest absolute Gasteiger partial charge is 0.477 e. The minimum absolute atomic E-state index is 0.321. The summed E-state index contributed by atoms with van der Waals surface area (Å²) in [7, 11) is 0. The summed E-state index contributed by atoms with van der Waals surface area (Å²) in [5.74, 6) is 1.27. The second-order valence-corrected chi connectivity index (χ2v) is 3.78. The summed E-state index contributed by atoms with van der Waals surface area (Å²) in [6, 6.07) is 0.321. The third-order valence-corrected chi connectivity index (χ3v) is 2.43. The molecule has 2 N–H and O–H groups in total. The van der Waals surface area contributed by atoms with Gasteiger partial charge in [-0.2, -0.15) is 4.98 Å². The predicted octanol–water partition coefficient (Wildman–Crippen LogP) is 0.276. The van der Waals surface area contributed by atoms with Crippen molar-refractivity contribution in [1.82, 2.24) is 15.3 Å². The molecule has 1 fully saturated rings. The van der Waals surface area contributed by atoms with E-state index < -0.39 is 0 Å². The third-order valence-electron chi connectivity index (χ3n) is 2.43. The van der Waals surface area contributed by atoms with Gasteiger partial charge in [-0.15, -0.1) is 0 Å². The maximum atomic E-state index is 5.37. The molecule has 0 amide bonds. The maximum absolute atomic E-state index is 5.37. The normalized spacial score (nSPS) is 19.9. The van der Waals surface area contributed by atoms with Crippen molar-refractivity contribution in [3.05, 3.63) is 12.4 Å². The summed E-state index contributed by atoms with van der Waals surface area (Å²) in [5, 5.41) is 6.58. The number of anilines is 1. The van der Waals surface area contributed by atoms with Gasteiger partial charge in [0, 0.05) is 19.1 Å². The van der Waals surface area contributed by atoms with Gasteiger partial charge in [-0.05, 0) is 6.92 Å². The molecule has 2 heterocycles. The van der Waals surface area contributed by atoms with Crippen LogP contribution in [0.25, 0.3) is 0 Å². The van der Waals surface area contributed by atoms with E-state index in [2.05, 4.69) is 20.6 Å². The molecule has 1 aliphatic heterocycles. The number of hydrogen-bond acceptors (Lipinski definition) is 6. The van der Waals surface area contributed by atoms with E-state index in [1.54, 1.807) is 12.4 Å². The lowest BCUT2D eigenvalue weighted by Gasteiger charge is -2.24. The van der Waals surface area contributed by atoms with Crippen LogP contribution in [0.5, 0.6) is 5.88 Å². The smallest absolute Gasteiger partial charge is 0.234 e. The molecule has 1 aromatic rings. The molecule has 1 atom stereocenters. The highest BCUT2D eigenvalue weighted by Gasteiger charge is 2.12. The topological polar surface area (TPSA) is 68.3 Å². The van der Waals surface area contributed by atoms with Crippen LogP contribution in [0.1, 0.15) is 6.92 Å². The summed E-state index contributed by atoms with van der Waals surface area (Å²) >= 11 is 0. The van der Waals surface area contributed by atoms with E-state index in [0.29, 0.717) is 18.5 Å². The van der Waals surface area contributed by atoms with Crippen molar-refractivity contribution >= 4 is 5.82 Å². The molecular weight excluding hydrogens is 220 g/mol. The van der Waals surface area contributed by atoms with Crippen LogP contribution in [0.15, 0.2) is 12.4 Å². The number of rotatable bonds is 5. The summed E-state index contributed by atoms with van der Waals surface area (Å²) < 4.78 is 10.7. The standard InChI is InChI=1S/C11H18N4O2/c1-2-17-11-7-12-6-10(15-11)14-5-9-8-16-4-3-13-9/h6-7,9,13H,2-5,8H2,1H3,(H,14,15). The SMILES string of the molecule is CCOc1cncc(NCC2COCCN2)n1. The van der Waals surface area contributed by atoms with Crippen LogP contribution in [0.4, 0.5) is 5.82 Å². The van der Waals surface area contributed by atoms with Gasteiger partial charge in [0.15, 0.2) is 0 Å². The molecule has 0 aliphatic carbocycles. The van der Waals surface area contributed by atoms with E-state index in [9.17, 15) is 0 Å². The molecule has 0 spiro atoms. The quantitative estimate of drug-likeness (QED) is 0.767. The Labute approximate surface area is 101 Å². The van der Waals surface area contributed by atoms with Crippen molar-refractivity contribution in [2.45, 2.75) is 13.0 Å². The van der Waals surface area contributed by atoms with E-state index >= 15 is 0 Å². The summed E-state index contributed by atoms with van der Waals surface area (Å²) in [5.41, 5.74) is 0. The van der Waals surface area contributed by atoms with Crippen molar-refractivity contribution in [2.24, 2.45) is 0 Å². The first-order valence-electron chi connectivity index (χ1n) is 5.88. The van der Waals surface area contributed by atoms with Gasteiger partial charge in [0.25, 0.3) is 0 Å². The lowest BCUT2D eigenvalue weighted by Crippen LogP contribution is -2.45. The molecule has 0 radical (unpaired) electrons. The van der Waals surface area contributed by atoms with Crippen LogP contribution < -0.4 is 15.4 Å². The monoisotopic (exact) mass is 238 g/mol. The van der Waals surface area contributed by atoms with Crippen LogP contribution in [0, 0.1) is 0 Å². The van der Waals surface area contributed by atoms with Crippen LogP contribution in [0.3, 0.4) is 0 Å². The van der Waals surface area contributed by atoms with Crippen LogP contribution in [0.2, 0.25) is 0 Å². The zero-order valence-electron chi connectivity index (χ0n) is 9.98. The molecule has 2 rings (SSSR count). The molecule has 17 heavy (non-hydrogen) atoms. The highest BCUT2D eigenvalue weighted by atomic mass is 16.5. The van der Waals surface area contributed by atoms with E-state index in [1.165, 1.54) is 0 Å². The predicted molar refractivity (Wildman–Crippen MR) is 64.3 cm³/mol. The van der Waals surface area contributed by atoms with Crippen molar-refractivity contribution < 1.29 is 9.47 Å². The molecule has 0 aromatic carbocycles. The molecule has 1 aromatic heterocycles. The van der Waals surface area contributed by atoms with Gasteiger partial charge in [-0.3, -0.25) is 4.98 Å². The van der Waals surface area contributed by atoms with Gasteiger partial charge in [-0.25, -0.2) is 0 Å². The van der Waals surface area contributed by atoms with Gasteiger partial charge in [-0.1, -0.05) is 0 Å². The number of morpholine rings is 1. The number of aromatic nitrogens is 2. The number of nitrogens with one attached hydrogen (secondary N) is 2. The van der Waals surface area contributed by atoms with E-state index in [-0.39, 0.29) is 0 Å². The Bertz CT molecular complexity index is 342. The molecule has 0 bridgehead atoms. The molecular formula is C11H18N4O2. The van der Waals surface area contributed by atoms with Crippen LogP contribution in [-0.2, 0) is 4.74 Å². The van der Waals surface area contributed by atoms with Gasteiger partial charge in [0.05, 0.1) is 32.2 Å². The fourth-order valence-electron chi connectivity index (χ4n) is 1.63. The molecule has 1 saturated heterocycles. The Hall–Kier alpha value is -1.40. The molecule has 94 valence electrons. The molecule has 1 unspecified atom stereocenters. The van der Waals surface area contributed by atoms with Crippen molar-refractivity contribution in [1.29, 1.82) is 0 Å². The lowest BCUT2D eigenvalue weighted by atomic mass is 10.3. The summed E-state index contributed by atoms with van der Waals surface area (Å²) in [4.78, 5) is 8.35. The van der Waals surface area contributed by atoms with Crippen LogP contribution >= 0.6 is 0 Å². The third kappa shape index (κ3) is 3.83. The lowest BCUT2D eigenvalue weighted by molar-refractivity contribution is 0.0806. The number of hydrogen-bond donors (Lipinski definition) is 2.